The predicted octanol–water partition coefficient (Wildman–Crippen LogP) is 4.03. The van der Waals surface area contributed by atoms with E-state index in [9.17, 15) is 12.8 Å². The Morgan fingerprint density at radius 1 is 1.24 bits per heavy atom. The lowest BCUT2D eigenvalue weighted by Crippen LogP contribution is -2.56. The van der Waals surface area contributed by atoms with E-state index in [1.54, 1.807) is 12.0 Å². The Morgan fingerprint density at radius 3 is 2.68 bits per heavy atom. The van der Waals surface area contributed by atoms with Crippen molar-refractivity contribution >= 4 is 33.1 Å². The van der Waals surface area contributed by atoms with Crippen LogP contribution in [0.4, 0.5) is 24.7 Å². The van der Waals surface area contributed by atoms with Crippen LogP contribution in [0.1, 0.15) is 25.7 Å². The van der Waals surface area contributed by atoms with Crippen molar-refractivity contribution in [1.82, 2.24) is 9.88 Å². The first-order valence-corrected chi connectivity index (χ1v) is 12.8. The number of ether oxygens (including phenoxy) is 1. The van der Waals surface area contributed by atoms with Gasteiger partial charge in [0.2, 0.25) is 5.95 Å². The summed E-state index contributed by atoms with van der Waals surface area (Å²) in [5.74, 6) is -4.11. The molecule has 2 fully saturated rings. The van der Waals surface area contributed by atoms with E-state index in [0.717, 1.165) is 44.0 Å². The smallest absolute Gasteiger partial charge is 0.268 e. The van der Waals surface area contributed by atoms with Crippen LogP contribution in [0.3, 0.4) is 0 Å². The summed E-state index contributed by atoms with van der Waals surface area (Å²) in [6.45, 7) is 1.74. The molecule has 0 spiro atoms. The van der Waals surface area contributed by atoms with Gasteiger partial charge in [-0.25, -0.2) is 22.2 Å². The number of sulfonamides is 1. The van der Waals surface area contributed by atoms with Crippen LogP contribution >= 0.6 is 11.6 Å². The first-order chi connectivity index (χ1) is 16.1. The summed E-state index contributed by atoms with van der Waals surface area (Å²) in [6, 6.07) is 4.43. The molecule has 4 rings (SSSR count). The van der Waals surface area contributed by atoms with Crippen LogP contribution in [0, 0.1) is 17.6 Å². The fourth-order valence-corrected chi connectivity index (χ4v) is 6.49. The number of hydrogen-bond acceptors (Lipinski definition) is 6. The quantitative estimate of drug-likeness (QED) is 0.460. The molecule has 2 aromatic rings. The fraction of sp³-hybridized carbons (Fsp3) is 0.500. The van der Waals surface area contributed by atoms with Gasteiger partial charge in [0.25, 0.3) is 10.0 Å². The number of rotatable bonds is 6. The maximum Gasteiger partial charge on any atom is 0.268 e. The minimum absolute atomic E-state index is 0.0527. The topological polar surface area (TPSA) is 74.8 Å². The summed E-state index contributed by atoms with van der Waals surface area (Å²) in [4.78, 5) is 6.08. The lowest BCUT2D eigenvalue weighted by atomic mass is 9.85. The van der Waals surface area contributed by atoms with E-state index < -0.39 is 48.9 Å². The molecule has 0 bridgehead atoms. The van der Waals surface area contributed by atoms with Gasteiger partial charge in [-0.2, -0.15) is 4.39 Å². The number of aromatic nitrogens is 1. The Kier molecular flexibility index (Phi) is 7.01. The molecule has 12 heteroatoms. The van der Waals surface area contributed by atoms with E-state index in [-0.39, 0.29) is 11.7 Å². The highest BCUT2D eigenvalue weighted by Crippen LogP contribution is 2.41. The zero-order chi connectivity index (χ0) is 24.7. The molecule has 7 nitrogen and oxygen atoms in total. The number of piperidine rings is 1. The summed E-state index contributed by atoms with van der Waals surface area (Å²) < 4.78 is 76.7. The van der Waals surface area contributed by atoms with E-state index in [0.29, 0.717) is 19.5 Å². The summed E-state index contributed by atoms with van der Waals surface area (Å²) in [5.41, 5.74) is -0.488. The molecule has 186 valence electrons. The number of hydrogen-bond donors (Lipinski definition) is 1. The number of benzene rings is 1. The van der Waals surface area contributed by atoms with Gasteiger partial charge in [-0.05, 0) is 45.0 Å². The van der Waals surface area contributed by atoms with Crippen molar-refractivity contribution in [3.63, 3.8) is 0 Å². The Balaban J connectivity index is 1.64. The zero-order valence-corrected chi connectivity index (χ0v) is 20.4. The standard InChI is InChI=1S/C22H26ClF3N4O3S/c1-29-10-4-3-6-16(29)22(33-2)9-11-30(13-22)15-12-14(24)21(20(26)19(15)23)34(31,32)28-18-8-5-7-17(25)27-18/h5,7-8,12,16H,3-4,6,9-11,13H2,1-2H3,(H,27,28). The van der Waals surface area contributed by atoms with Gasteiger partial charge in [-0.3, -0.25) is 4.72 Å². The molecule has 0 radical (unpaired) electrons. The highest BCUT2D eigenvalue weighted by atomic mass is 35.5. The second kappa shape index (κ2) is 9.52. The highest BCUT2D eigenvalue weighted by Gasteiger charge is 2.48. The van der Waals surface area contributed by atoms with Crippen molar-refractivity contribution < 1.29 is 26.3 Å². The minimum Gasteiger partial charge on any atom is -0.375 e. The molecular formula is C22H26ClF3N4O3S. The molecule has 2 saturated heterocycles. The zero-order valence-electron chi connectivity index (χ0n) is 18.8. The molecule has 2 aliphatic rings. The second-order valence-electron chi connectivity index (χ2n) is 8.72. The molecule has 34 heavy (non-hydrogen) atoms. The highest BCUT2D eigenvalue weighted by molar-refractivity contribution is 7.92. The Labute approximate surface area is 201 Å². The van der Waals surface area contributed by atoms with Crippen LogP contribution in [0.2, 0.25) is 5.02 Å². The van der Waals surface area contributed by atoms with E-state index in [2.05, 4.69) is 9.88 Å². The molecular weight excluding hydrogens is 493 g/mol. The SMILES string of the molecule is COC1(C2CCCCN2C)CCN(c2cc(F)c(S(=O)(=O)Nc3cccc(F)n3)c(F)c2Cl)C1. The average Bonchev–Trinajstić information content (AvgIpc) is 3.21. The molecule has 0 amide bonds. The molecule has 1 N–H and O–H groups in total. The summed E-state index contributed by atoms with van der Waals surface area (Å²) in [5, 5.41) is -0.516. The Morgan fingerprint density at radius 2 is 2.00 bits per heavy atom. The van der Waals surface area contributed by atoms with Gasteiger partial charge >= 0.3 is 0 Å². The number of nitrogens with zero attached hydrogens (tertiary/aromatic N) is 3. The van der Waals surface area contributed by atoms with Crippen LogP contribution in [0.25, 0.3) is 0 Å². The third-order valence-corrected chi connectivity index (χ3v) is 8.46. The van der Waals surface area contributed by atoms with Crippen LogP contribution < -0.4 is 9.62 Å². The van der Waals surface area contributed by atoms with Crippen LogP contribution in [-0.4, -0.2) is 63.7 Å². The van der Waals surface area contributed by atoms with Gasteiger partial charge in [-0.1, -0.05) is 24.1 Å². The molecule has 1 aromatic carbocycles. The van der Waals surface area contributed by atoms with E-state index in [1.165, 1.54) is 6.07 Å². The molecule has 3 heterocycles. The molecule has 2 atom stereocenters. The van der Waals surface area contributed by atoms with Gasteiger partial charge in [0.15, 0.2) is 10.7 Å². The number of pyridine rings is 1. The Hall–Kier alpha value is -2.08. The van der Waals surface area contributed by atoms with E-state index in [1.807, 2.05) is 11.8 Å². The van der Waals surface area contributed by atoms with Crippen molar-refractivity contribution in [3.05, 3.63) is 46.9 Å². The normalized spacial score (nSPS) is 23.9. The maximum absolute atomic E-state index is 15.2. The second-order valence-corrected chi connectivity index (χ2v) is 10.7. The van der Waals surface area contributed by atoms with Gasteiger partial charge < -0.3 is 14.5 Å². The summed E-state index contributed by atoms with van der Waals surface area (Å²) in [6.07, 6.45) is 3.76. The van der Waals surface area contributed by atoms with Gasteiger partial charge in [-0.15, -0.1) is 0 Å². The first-order valence-electron chi connectivity index (χ1n) is 10.9. The number of halogens is 4. The molecule has 2 unspecified atom stereocenters. The lowest BCUT2D eigenvalue weighted by molar-refractivity contribution is -0.0689. The third-order valence-electron chi connectivity index (χ3n) is 6.71. The summed E-state index contributed by atoms with van der Waals surface area (Å²) in [7, 11) is -1.09. The van der Waals surface area contributed by atoms with Crippen LogP contribution in [0.15, 0.2) is 29.2 Å². The van der Waals surface area contributed by atoms with Gasteiger partial charge in [0.1, 0.15) is 22.3 Å². The van der Waals surface area contributed by atoms with Crippen molar-refractivity contribution in [2.75, 3.05) is 43.4 Å². The van der Waals surface area contributed by atoms with Crippen molar-refractivity contribution in [1.29, 1.82) is 0 Å². The molecule has 2 aliphatic heterocycles. The van der Waals surface area contributed by atoms with Gasteiger partial charge in [0, 0.05) is 32.3 Å². The van der Waals surface area contributed by atoms with Gasteiger partial charge in [0.05, 0.1) is 5.69 Å². The fourth-order valence-electron chi connectivity index (χ4n) is 5.02. The van der Waals surface area contributed by atoms with Crippen molar-refractivity contribution in [2.45, 2.75) is 42.2 Å². The summed E-state index contributed by atoms with van der Waals surface area (Å²) >= 11 is 6.23. The lowest BCUT2D eigenvalue weighted by Gasteiger charge is -2.44. The largest absolute Gasteiger partial charge is 0.375 e. The molecule has 1 aromatic heterocycles. The minimum atomic E-state index is -4.77. The van der Waals surface area contributed by atoms with E-state index in [4.69, 9.17) is 16.3 Å². The number of likely N-dealkylation sites (tertiary alicyclic amines) is 1. The van der Waals surface area contributed by atoms with Crippen molar-refractivity contribution in [2.24, 2.45) is 0 Å². The molecule has 0 saturated carbocycles. The van der Waals surface area contributed by atoms with Crippen LogP contribution in [0.5, 0.6) is 0 Å². The van der Waals surface area contributed by atoms with Crippen LogP contribution in [-0.2, 0) is 14.8 Å². The Bertz CT molecular complexity index is 1190. The number of likely N-dealkylation sites (N-methyl/N-ethyl adjacent to an activating group) is 1. The first kappa shape index (κ1) is 25.0. The number of methoxy groups -OCH3 is 1. The van der Waals surface area contributed by atoms with E-state index >= 15 is 8.78 Å². The average molecular weight is 519 g/mol. The third kappa shape index (κ3) is 4.58. The van der Waals surface area contributed by atoms with Crippen molar-refractivity contribution in [3.8, 4) is 0 Å². The predicted molar refractivity (Wildman–Crippen MR) is 123 cm³/mol. The monoisotopic (exact) mass is 518 g/mol. The molecule has 0 aliphatic carbocycles. The number of nitrogens with one attached hydrogen (secondary N) is 1. The maximum atomic E-state index is 15.2. The number of anilines is 2.